The average Bonchev–Trinajstić information content (AvgIpc) is 3.10. The number of hydrogen-bond donors (Lipinski definition) is 1. The molecule has 2 aliphatic rings. The van der Waals surface area contributed by atoms with Gasteiger partial charge in [-0.1, -0.05) is 24.3 Å². The Morgan fingerprint density at radius 3 is 2.88 bits per heavy atom. The van der Waals surface area contributed by atoms with Crippen LogP contribution in [0.4, 0.5) is 10.1 Å². The van der Waals surface area contributed by atoms with Gasteiger partial charge in [-0.3, -0.25) is 4.79 Å². The number of hydrogen-bond acceptors (Lipinski definition) is 3. The molecule has 1 fully saturated rings. The largest absolute Gasteiger partial charge is 0.376 e. The molecule has 1 saturated heterocycles. The number of anilines is 1. The number of para-hydroxylation sites is 1. The second-order valence-corrected chi connectivity index (χ2v) is 6.24. The topological polar surface area (TPSA) is 41.6 Å². The van der Waals surface area contributed by atoms with Gasteiger partial charge in [0, 0.05) is 18.8 Å². The monoisotopic (exact) mass is 326 g/mol. The van der Waals surface area contributed by atoms with E-state index in [0.29, 0.717) is 12.1 Å². The fourth-order valence-electron chi connectivity index (χ4n) is 3.43. The Morgan fingerprint density at radius 2 is 2.08 bits per heavy atom. The second kappa shape index (κ2) is 6.24. The average molecular weight is 326 g/mol. The van der Waals surface area contributed by atoms with E-state index in [9.17, 15) is 9.18 Å². The summed E-state index contributed by atoms with van der Waals surface area (Å²) in [5.74, 6) is -0.355. The predicted molar refractivity (Wildman–Crippen MR) is 89.2 cm³/mol. The molecule has 24 heavy (non-hydrogen) atoms. The number of rotatable bonds is 3. The molecule has 0 aromatic heterocycles. The van der Waals surface area contributed by atoms with E-state index in [1.54, 1.807) is 11.0 Å². The van der Waals surface area contributed by atoms with Crippen LogP contribution in [0, 0.1) is 5.82 Å². The molecule has 5 heteroatoms. The predicted octanol–water partition coefficient (Wildman–Crippen LogP) is 3.57. The van der Waals surface area contributed by atoms with Gasteiger partial charge in [0.05, 0.1) is 11.7 Å². The van der Waals surface area contributed by atoms with E-state index in [2.05, 4.69) is 5.32 Å². The Hall–Kier alpha value is -2.40. The molecule has 1 amide bonds. The molecule has 0 radical (unpaired) electrons. The number of nitrogens with one attached hydrogen (secondary N) is 1. The Morgan fingerprint density at radius 1 is 1.21 bits per heavy atom. The minimum absolute atomic E-state index is 0.0390. The standard InChI is InChI=1S/C19H19FN2O2/c20-14-6-3-5-13(11-14)18-21-17-9-2-1-8-16(17)19(23)22(18)12-15-7-4-10-24-15/h1-3,5-6,8-9,11,15,18,21H,4,7,10,12H2. The molecule has 2 atom stereocenters. The highest BCUT2D eigenvalue weighted by Gasteiger charge is 2.35. The summed E-state index contributed by atoms with van der Waals surface area (Å²) in [7, 11) is 0. The smallest absolute Gasteiger partial charge is 0.257 e. The van der Waals surface area contributed by atoms with Crippen LogP contribution in [-0.4, -0.2) is 30.1 Å². The summed E-state index contributed by atoms with van der Waals surface area (Å²) in [5.41, 5.74) is 2.15. The molecule has 0 saturated carbocycles. The van der Waals surface area contributed by atoms with Gasteiger partial charge in [0.15, 0.2) is 0 Å². The molecule has 0 bridgehead atoms. The van der Waals surface area contributed by atoms with E-state index in [4.69, 9.17) is 4.74 Å². The molecular formula is C19H19FN2O2. The van der Waals surface area contributed by atoms with Crippen molar-refractivity contribution in [2.75, 3.05) is 18.5 Å². The van der Waals surface area contributed by atoms with Gasteiger partial charge >= 0.3 is 0 Å². The van der Waals surface area contributed by atoms with Crippen molar-refractivity contribution >= 4 is 11.6 Å². The van der Waals surface area contributed by atoms with Crippen molar-refractivity contribution < 1.29 is 13.9 Å². The minimum Gasteiger partial charge on any atom is -0.376 e. The van der Waals surface area contributed by atoms with Crippen LogP contribution in [0.2, 0.25) is 0 Å². The molecule has 2 unspecified atom stereocenters. The summed E-state index contributed by atoms with van der Waals surface area (Å²) in [5, 5.41) is 3.38. The third-order valence-corrected chi connectivity index (χ3v) is 4.61. The maximum Gasteiger partial charge on any atom is 0.257 e. The molecule has 0 spiro atoms. The Labute approximate surface area is 140 Å². The molecule has 0 aliphatic carbocycles. The number of amides is 1. The first kappa shape index (κ1) is 15.1. The zero-order chi connectivity index (χ0) is 16.5. The summed E-state index contributed by atoms with van der Waals surface area (Å²) in [6, 6.07) is 13.8. The van der Waals surface area contributed by atoms with Crippen LogP contribution in [0.3, 0.4) is 0 Å². The minimum atomic E-state index is -0.396. The normalized spacial score (nSPS) is 23.0. The SMILES string of the molecule is O=C1c2ccccc2NC(c2cccc(F)c2)N1CC1CCCO1. The van der Waals surface area contributed by atoms with Gasteiger partial charge < -0.3 is 15.0 Å². The quantitative estimate of drug-likeness (QED) is 0.937. The molecule has 1 N–H and O–H groups in total. The van der Waals surface area contributed by atoms with Crippen molar-refractivity contribution in [2.45, 2.75) is 25.1 Å². The van der Waals surface area contributed by atoms with Gasteiger partial charge in [0.1, 0.15) is 12.0 Å². The van der Waals surface area contributed by atoms with E-state index in [1.807, 2.05) is 30.3 Å². The van der Waals surface area contributed by atoms with Crippen molar-refractivity contribution in [3.05, 3.63) is 65.5 Å². The van der Waals surface area contributed by atoms with Gasteiger partial charge in [-0.25, -0.2) is 4.39 Å². The van der Waals surface area contributed by atoms with Crippen molar-refractivity contribution in [1.29, 1.82) is 0 Å². The van der Waals surface area contributed by atoms with Crippen LogP contribution in [0.15, 0.2) is 48.5 Å². The summed E-state index contributed by atoms with van der Waals surface area (Å²) in [6.07, 6.45) is 1.60. The van der Waals surface area contributed by atoms with Crippen molar-refractivity contribution in [1.82, 2.24) is 4.90 Å². The maximum absolute atomic E-state index is 13.7. The highest BCUT2D eigenvalue weighted by atomic mass is 19.1. The van der Waals surface area contributed by atoms with Crippen LogP contribution in [0.25, 0.3) is 0 Å². The number of ether oxygens (including phenoxy) is 1. The fourth-order valence-corrected chi connectivity index (χ4v) is 3.43. The first-order valence-corrected chi connectivity index (χ1v) is 8.26. The lowest BCUT2D eigenvalue weighted by Crippen LogP contribution is -2.46. The number of fused-ring (bicyclic) bond motifs is 1. The maximum atomic E-state index is 13.7. The summed E-state index contributed by atoms with van der Waals surface area (Å²) >= 11 is 0. The second-order valence-electron chi connectivity index (χ2n) is 6.24. The van der Waals surface area contributed by atoms with Gasteiger partial charge in [0.2, 0.25) is 0 Å². The van der Waals surface area contributed by atoms with Crippen LogP contribution in [0.1, 0.15) is 34.9 Å². The molecule has 2 aromatic carbocycles. The van der Waals surface area contributed by atoms with Crippen LogP contribution in [-0.2, 0) is 4.74 Å². The zero-order valence-electron chi connectivity index (χ0n) is 13.2. The molecule has 4 rings (SSSR count). The molecule has 4 nitrogen and oxygen atoms in total. The molecular weight excluding hydrogens is 307 g/mol. The van der Waals surface area contributed by atoms with E-state index in [-0.39, 0.29) is 17.8 Å². The van der Waals surface area contributed by atoms with E-state index < -0.39 is 6.17 Å². The number of carbonyl (C=O) groups excluding carboxylic acids is 1. The van der Waals surface area contributed by atoms with Gasteiger partial charge in [-0.05, 0) is 42.7 Å². The first-order chi connectivity index (χ1) is 11.7. The van der Waals surface area contributed by atoms with Gasteiger partial charge in [0.25, 0.3) is 5.91 Å². The number of carbonyl (C=O) groups is 1. The Balaban J connectivity index is 1.72. The number of halogens is 1. The first-order valence-electron chi connectivity index (χ1n) is 8.26. The Kier molecular flexibility index (Phi) is 3.94. The zero-order valence-corrected chi connectivity index (χ0v) is 13.2. The summed E-state index contributed by atoms with van der Waals surface area (Å²) in [4.78, 5) is 14.8. The molecule has 124 valence electrons. The van der Waals surface area contributed by atoms with Crippen LogP contribution >= 0.6 is 0 Å². The third-order valence-electron chi connectivity index (χ3n) is 4.61. The lowest BCUT2D eigenvalue weighted by molar-refractivity contribution is 0.0426. The van der Waals surface area contributed by atoms with Crippen LogP contribution in [0.5, 0.6) is 0 Å². The fraction of sp³-hybridized carbons (Fsp3) is 0.316. The summed E-state index contributed by atoms with van der Waals surface area (Å²) < 4.78 is 19.4. The Bertz CT molecular complexity index is 759. The van der Waals surface area contributed by atoms with Gasteiger partial charge in [-0.15, -0.1) is 0 Å². The highest BCUT2D eigenvalue weighted by Crippen LogP contribution is 2.34. The summed E-state index contributed by atoms with van der Waals surface area (Å²) in [6.45, 7) is 1.24. The lowest BCUT2D eigenvalue weighted by Gasteiger charge is -2.39. The third kappa shape index (κ3) is 2.76. The lowest BCUT2D eigenvalue weighted by atomic mass is 10.0. The molecule has 2 aromatic rings. The molecule has 2 heterocycles. The van der Waals surface area contributed by atoms with Crippen molar-refractivity contribution in [3.63, 3.8) is 0 Å². The van der Waals surface area contributed by atoms with Crippen molar-refractivity contribution in [2.24, 2.45) is 0 Å². The number of nitrogens with zero attached hydrogens (tertiary/aromatic N) is 1. The van der Waals surface area contributed by atoms with Crippen LogP contribution < -0.4 is 5.32 Å². The van der Waals surface area contributed by atoms with E-state index in [0.717, 1.165) is 30.7 Å². The number of benzene rings is 2. The molecule has 2 aliphatic heterocycles. The van der Waals surface area contributed by atoms with Crippen molar-refractivity contribution in [3.8, 4) is 0 Å². The van der Waals surface area contributed by atoms with Gasteiger partial charge in [-0.2, -0.15) is 0 Å². The van der Waals surface area contributed by atoms with E-state index >= 15 is 0 Å². The van der Waals surface area contributed by atoms with E-state index in [1.165, 1.54) is 12.1 Å². The highest BCUT2D eigenvalue weighted by molar-refractivity contribution is 6.01.